The van der Waals surface area contributed by atoms with Crippen LogP contribution in [0.15, 0.2) is 12.4 Å². The number of nitrogens with zero attached hydrogens (tertiary/aromatic N) is 4. The third-order valence-corrected chi connectivity index (χ3v) is 3.14. The predicted octanol–water partition coefficient (Wildman–Crippen LogP) is 2.51. The fraction of sp³-hybridized carbons (Fsp3) is 0.533. The van der Waals surface area contributed by atoms with E-state index in [-0.39, 0.29) is 5.54 Å². The zero-order valence-electron chi connectivity index (χ0n) is 13.6. The summed E-state index contributed by atoms with van der Waals surface area (Å²) in [6.45, 7) is 11.0. The van der Waals surface area contributed by atoms with Crippen molar-refractivity contribution in [2.24, 2.45) is 7.05 Å². The normalized spacial score (nSPS) is 11.7. The first-order valence-electron chi connectivity index (χ1n) is 7.00. The van der Waals surface area contributed by atoms with E-state index in [4.69, 9.17) is 4.74 Å². The lowest BCUT2D eigenvalue weighted by Crippen LogP contribution is -2.35. The van der Waals surface area contributed by atoms with Crippen LogP contribution in [0.1, 0.15) is 37.7 Å². The molecule has 0 atom stereocenters. The second-order valence-electron chi connectivity index (χ2n) is 6.20. The molecule has 2 aromatic rings. The number of ether oxygens (including phenoxy) is 1. The van der Waals surface area contributed by atoms with Gasteiger partial charge in [0.25, 0.3) is 0 Å². The van der Waals surface area contributed by atoms with Gasteiger partial charge in [-0.15, -0.1) is 0 Å². The molecule has 0 saturated heterocycles. The van der Waals surface area contributed by atoms with E-state index >= 15 is 0 Å². The van der Waals surface area contributed by atoms with Gasteiger partial charge < -0.3 is 10.1 Å². The van der Waals surface area contributed by atoms with Crippen LogP contribution in [-0.2, 0) is 13.6 Å². The Hall–Kier alpha value is -1.95. The van der Waals surface area contributed by atoms with Crippen molar-refractivity contribution in [3.63, 3.8) is 0 Å². The van der Waals surface area contributed by atoms with Crippen molar-refractivity contribution in [3.8, 4) is 11.8 Å². The highest BCUT2D eigenvalue weighted by molar-refractivity contribution is 5.34. The van der Waals surface area contributed by atoms with Crippen LogP contribution in [0.2, 0.25) is 0 Å². The molecule has 0 aliphatic carbocycles. The van der Waals surface area contributed by atoms with E-state index in [0.717, 1.165) is 29.2 Å². The topological polar surface area (TPSA) is 64.9 Å². The highest BCUT2D eigenvalue weighted by Crippen LogP contribution is 2.25. The van der Waals surface area contributed by atoms with Gasteiger partial charge in [-0.25, -0.2) is 9.97 Å². The minimum atomic E-state index is 0.0686. The zero-order valence-corrected chi connectivity index (χ0v) is 13.6. The molecule has 0 aliphatic heterocycles. The summed E-state index contributed by atoms with van der Waals surface area (Å²) in [6, 6.07) is 0.341. The van der Waals surface area contributed by atoms with Crippen LogP contribution in [0.25, 0.3) is 0 Å². The molecule has 2 rings (SSSR count). The van der Waals surface area contributed by atoms with Gasteiger partial charge >= 0.3 is 6.01 Å². The van der Waals surface area contributed by atoms with Gasteiger partial charge in [-0.3, -0.25) is 4.68 Å². The van der Waals surface area contributed by atoms with Crippen molar-refractivity contribution in [3.05, 3.63) is 29.3 Å². The van der Waals surface area contributed by atoms with E-state index < -0.39 is 0 Å². The fourth-order valence-corrected chi connectivity index (χ4v) is 1.85. The lowest BCUT2D eigenvalue weighted by atomic mass is 10.1. The second kappa shape index (κ2) is 5.81. The van der Waals surface area contributed by atoms with Gasteiger partial charge in [0, 0.05) is 37.1 Å². The maximum absolute atomic E-state index is 5.74. The SMILES string of the molecule is Cc1nn(C)c(C)c1Oc1ncc(CNC(C)(C)C)cn1. The summed E-state index contributed by atoms with van der Waals surface area (Å²) in [5, 5.41) is 7.70. The largest absolute Gasteiger partial charge is 0.420 e. The molecule has 6 heteroatoms. The Bertz CT molecular complexity index is 610. The smallest absolute Gasteiger partial charge is 0.322 e. The lowest BCUT2D eigenvalue weighted by Gasteiger charge is -2.20. The molecular weight excluding hydrogens is 266 g/mol. The molecule has 6 nitrogen and oxygen atoms in total. The molecule has 0 aliphatic rings. The zero-order chi connectivity index (χ0) is 15.6. The Morgan fingerprint density at radius 1 is 1.19 bits per heavy atom. The van der Waals surface area contributed by atoms with Gasteiger partial charge in [-0.05, 0) is 34.6 Å². The van der Waals surface area contributed by atoms with Gasteiger partial charge in [-0.1, -0.05) is 0 Å². The van der Waals surface area contributed by atoms with E-state index in [9.17, 15) is 0 Å². The number of rotatable bonds is 4. The number of aryl methyl sites for hydroxylation is 2. The monoisotopic (exact) mass is 289 g/mol. The molecule has 0 aromatic carbocycles. The quantitative estimate of drug-likeness (QED) is 0.937. The second-order valence-corrected chi connectivity index (χ2v) is 6.20. The number of nitrogens with one attached hydrogen (secondary N) is 1. The van der Waals surface area contributed by atoms with E-state index in [1.165, 1.54) is 0 Å². The Kier molecular flexibility index (Phi) is 4.27. The van der Waals surface area contributed by atoms with Gasteiger partial charge in [-0.2, -0.15) is 5.10 Å². The fourth-order valence-electron chi connectivity index (χ4n) is 1.85. The summed E-state index contributed by atoms with van der Waals surface area (Å²) in [7, 11) is 1.89. The van der Waals surface area contributed by atoms with Crippen molar-refractivity contribution in [1.82, 2.24) is 25.1 Å². The molecule has 0 spiro atoms. The molecule has 1 N–H and O–H groups in total. The summed E-state index contributed by atoms with van der Waals surface area (Å²) < 4.78 is 7.52. The Morgan fingerprint density at radius 3 is 2.29 bits per heavy atom. The van der Waals surface area contributed by atoms with Gasteiger partial charge in [0.05, 0.1) is 5.69 Å². The molecule has 0 unspecified atom stereocenters. The molecule has 0 fully saturated rings. The van der Waals surface area contributed by atoms with Crippen molar-refractivity contribution in [2.75, 3.05) is 0 Å². The number of aromatic nitrogens is 4. The Morgan fingerprint density at radius 2 is 1.81 bits per heavy atom. The molecular formula is C15H23N5O. The average molecular weight is 289 g/mol. The molecule has 0 bridgehead atoms. The van der Waals surface area contributed by atoms with E-state index in [1.54, 1.807) is 17.1 Å². The van der Waals surface area contributed by atoms with Crippen LogP contribution in [0.5, 0.6) is 11.8 Å². The minimum absolute atomic E-state index is 0.0686. The lowest BCUT2D eigenvalue weighted by molar-refractivity contribution is 0.418. The minimum Gasteiger partial charge on any atom is -0.420 e. The van der Waals surface area contributed by atoms with Crippen molar-refractivity contribution >= 4 is 0 Å². The molecule has 0 saturated carbocycles. The number of hydrogen-bond donors (Lipinski definition) is 1. The average Bonchev–Trinajstić information content (AvgIpc) is 2.64. The Balaban J connectivity index is 2.06. The third kappa shape index (κ3) is 4.01. The third-order valence-electron chi connectivity index (χ3n) is 3.14. The Labute approximate surface area is 125 Å². The highest BCUT2D eigenvalue weighted by atomic mass is 16.5. The van der Waals surface area contributed by atoms with E-state index in [1.807, 2.05) is 20.9 Å². The van der Waals surface area contributed by atoms with Gasteiger partial charge in [0.2, 0.25) is 0 Å². The standard InChI is InChI=1S/C15H23N5O/c1-10-13(11(2)20(6)19-10)21-14-16-7-12(8-17-14)9-18-15(3,4)5/h7-8,18H,9H2,1-6H3. The van der Waals surface area contributed by atoms with Crippen molar-refractivity contribution < 1.29 is 4.74 Å². The first-order chi connectivity index (χ1) is 9.76. The first-order valence-corrected chi connectivity index (χ1v) is 7.00. The van der Waals surface area contributed by atoms with Crippen molar-refractivity contribution in [1.29, 1.82) is 0 Å². The van der Waals surface area contributed by atoms with Crippen LogP contribution < -0.4 is 10.1 Å². The van der Waals surface area contributed by atoms with Crippen LogP contribution in [0.3, 0.4) is 0 Å². The highest BCUT2D eigenvalue weighted by Gasteiger charge is 2.13. The van der Waals surface area contributed by atoms with Crippen LogP contribution in [-0.4, -0.2) is 25.3 Å². The maximum atomic E-state index is 5.74. The molecule has 2 aromatic heterocycles. The maximum Gasteiger partial charge on any atom is 0.322 e. The van der Waals surface area contributed by atoms with Crippen LogP contribution in [0, 0.1) is 13.8 Å². The molecule has 2 heterocycles. The first kappa shape index (κ1) is 15.4. The van der Waals surface area contributed by atoms with E-state index in [0.29, 0.717) is 6.01 Å². The number of hydrogen-bond acceptors (Lipinski definition) is 5. The summed E-state index contributed by atoms with van der Waals surface area (Å²) in [6.07, 6.45) is 3.56. The molecule has 114 valence electrons. The van der Waals surface area contributed by atoms with Crippen LogP contribution in [0.4, 0.5) is 0 Å². The predicted molar refractivity (Wildman–Crippen MR) is 81.4 cm³/mol. The molecule has 0 amide bonds. The van der Waals surface area contributed by atoms with Crippen LogP contribution >= 0.6 is 0 Å². The van der Waals surface area contributed by atoms with Crippen molar-refractivity contribution in [2.45, 2.75) is 46.7 Å². The van der Waals surface area contributed by atoms with E-state index in [2.05, 4.69) is 41.2 Å². The van der Waals surface area contributed by atoms with Gasteiger partial charge in [0.15, 0.2) is 5.75 Å². The summed E-state index contributed by atoms with van der Waals surface area (Å²) in [5.41, 5.74) is 2.88. The summed E-state index contributed by atoms with van der Waals surface area (Å²) in [4.78, 5) is 8.51. The molecule has 0 radical (unpaired) electrons. The molecule has 21 heavy (non-hydrogen) atoms. The summed E-state index contributed by atoms with van der Waals surface area (Å²) in [5.74, 6) is 0.720. The summed E-state index contributed by atoms with van der Waals surface area (Å²) >= 11 is 0. The van der Waals surface area contributed by atoms with Gasteiger partial charge in [0.1, 0.15) is 5.69 Å².